The summed E-state index contributed by atoms with van der Waals surface area (Å²) in [5.74, 6) is -3.57. The van der Waals surface area contributed by atoms with E-state index in [-0.39, 0.29) is 32.9 Å². The first-order valence-electron chi connectivity index (χ1n) is 7.89. The Morgan fingerprint density at radius 2 is 1.68 bits per heavy atom. The van der Waals surface area contributed by atoms with Gasteiger partial charge in [-0.25, -0.2) is 18.0 Å². The van der Waals surface area contributed by atoms with Crippen LogP contribution in [-0.2, 0) is 6.54 Å². The molecule has 5 nitrogen and oxygen atoms in total. The number of rotatable bonds is 2. The van der Waals surface area contributed by atoms with Gasteiger partial charge in [0.15, 0.2) is 23.0 Å². The molecule has 0 saturated carbocycles. The number of hydrogen-bond acceptors (Lipinski definition) is 4. The Morgan fingerprint density at radius 1 is 1.04 bits per heavy atom. The van der Waals surface area contributed by atoms with Gasteiger partial charge < -0.3 is 14.1 Å². The lowest BCUT2D eigenvalue weighted by Gasteiger charge is -2.14. The molecule has 2 aromatic carbocycles. The van der Waals surface area contributed by atoms with Crippen molar-refractivity contribution in [3.63, 3.8) is 0 Å². The van der Waals surface area contributed by atoms with E-state index in [4.69, 9.17) is 4.42 Å². The minimum absolute atomic E-state index is 0.0504. The molecule has 0 radical (unpaired) electrons. The Bertz CT molecular complexity index is 1380. The number of halogens is 4. The Morgan fingerprint density at radius 3 is 2.36 bits per heavy atom. The summed E-state index contributed by atoms with van der Waals surface area (Å²) >= 11 is 2.84. The minimum Gasteiger partial charge on any atom is -0.506 e. The first-order chi connectivity index (χ1) is 13.3. The van der Waals surface area contributed by atoms with Crippen LogP contribution in [0, 0.1) is 17.5 Å². The molecule has 0 aliphatic heterocycles. The second-order valence-electron chi connectivity index (χ2n) is 6.06. The van der Waals surface area contributed by atoms with Gasteiger partial charge in [-0.05, 0) is 39.7 Å². The molecule has 0 aliphatic carbocycles. The Balaban J connectivity index is 2.16. The summed E-state index contributed by atoms with van der Waals surface area (Å²) in [7, 11) is 0. The van der Waals surface area contributed by atoms with Crippen molar-refractivity contribution in [3.8, 4) is 5.75 Å². The second kappa shape index (κ2) is 6.52. The van der Waals surface area contributed by atoms with Gasteiger partial charge in [0.1, 0.15) is 15.7 Å². The fourth-order valence-electron chi connectivity index (χ4n) is 3.01. The summed E-state index contributed by atoms with van der Waals surface area (Å²) in [4.78, 5) is 24.9. The normalized spacial score (nSPS) is 11.4. The average molecular weight is 452 g/mol. The molecule has 2 heterocycles. The summed E-state index contributed by atoms with van der Waals surface area (Å²) < 4.78 is 46.7. The zero-order valence-corrected chi connectivity index (χ0v) is 15.4. The van der Waals surface area contributed by atoms with E-state index in [9.17, 15) is 27.9 Å². The van der Waals surface area contributed by atoms with Crippen LogP contribution in [0.15, 0.2) is 54.9 Å². The highest BCUT2D eigenvalue weighted by Crippen LogP contribution is 2.32. The fraction of sp³-hybridized carbons (Fsp3) is 0.0526. The summed E-state index contributed by atoms with van der Waals surface area (Å²) in [6.45, 7) is -0.118. The van der Waals surface area contributed by atoms with E-state index in [1.165, 1.54) is 24.3 Å². The largest absolute Gasteiger partial charge is 0.506 e. The molecule has 1 N–H and O–H groups in total. The van der Waals surface area contributed by atoms with Gasteiger partial charge in [-0.2, -0.15) is 0 Å². The lowest BCUT2D eigenvalue weighted by molar-refractivity contribution is 0.461. The van der Waals surface area contributed by atoms with E-state index in [2.05, 4.69) is 15.9 Å². The van der Waals surface area contributed by atoms with Crippen molar-refractivity contribution in [1.29, 1.82) is 0 Å². The number of pyridine rings is 1. The van der Waals surface area contributed by atoms with Crippen LogP contribution in [0.25, 0.3) is 21.9 Å². The zero-order chi connectivity index (χ0) is 20.2. The second-order valence-corrected chi connectivity index (χ2v) is 6.85. The van der Waals surface area contributed by atoms with Gasteiger partial charge >= 0.3 is 5.63 Å². The van der Waals surface area contributed by atoms with Crippen molar-refractivity contribution in [1.82, 2.24) is 4.57 Å². The molecule has 142 valence electrons. The molecule has 0 aliphatic rings. The molecule has 0 unspecified atom stereocenters. The molecular formula is C19H9BrF3NO4. The summed E-state index contributed by atoms with van der Waals surface area (Å²) in [5, 5.41) is 9.85. The van der Waals surface area contributed by atoms with Crippen LogP contribution in [0.5, 0.6) is 5.75 Å². The van der Waals surface area contributed by atoms with E-state index >= 15 is 0 Å². The van der Waals surface area contributed by atoms with Crippen molar-refractivity contribution in [2.24, 2.45) is 0 Å². The summed E-state index contributed by atoms with van der Waals surface area (Å²) in [6, 6.07) is 6.82. The monoisotopic (exact) mass is 451 g/mol. The van der Waals surface area contributed by atoms with Gasteiger partial charge in [-0.3, -0.25) is 4.79 Å². The fourth-order valence-corrected chi connectivity index (χ4v) is 3.28. The van der Waals surface area contributed by atoms with E-state index in [1.807, 2.05) is 0 Å². The van der Waals surface area contributed by atoms with Crippen molar-refractivity contribution < 1.29 is 22.7 Å². The smallest absolute Gasteiger partial charge is 0.354 e. The van der Waals surface area contributed by atoms with Crippen molar-refractivity contribution >= 4 is 37.8 Å². The maximum Gasteiger partial charge on any atom is 0.354 e. The number of aromatic nitrogens is 1. The molecule has 0 saturated heterocycles. The molecule has 4 aromatic rings. The van der Waals surface area contributed by atoms with Crippen molar-refractivity contribution in [2.75, 3.05) is 0 Å². The van der Waals surface area contributed by atoms with E-state index in [0.29, 0.717) is 5.56 Å². The highest BCUT2D eigenvalue weighted by Gasteiger charge is 2.22. The lowest BCUT2D eigenvalue weighted by atomic mass is 10.1. The molecule has 2 aromatic heterocycles. The maximum atomic E-state index is 13.9. The predicted octanol–water partition coefficient (Wildman–Crippen LogP) is 4.04. The van der Waals surface area contributed by atoms with E-state index < -0.39 is 34.4 Å². The van der Waals surface area contributed by atoms with Crippen LogP contribution < -0.4 is 11.2 Å². The van der Waals surface area contributed by atoms with Gasteiger partial charge in [-0.1, -0.05) is 12.1 Å². The first kappa shape index (κ1) is 18.3. The van der Waals surface area contributed by atoms with Crippen LogP contribution in [0.2, 0.25) is 0 Å². The maximum absolute atomic E-state index is 13.9. The van der Waals surface area contributed by atoms with Crippen molar-refractivity contribution in [2.45, 2.75) is 6.54 Å². The standard InChI is InChI=1S/C19H9BrF3NO4/c20-15-16(25)14-17(28-19(15)27)10-5-11(22)12(23)6-13(10)24(18(14)26)7-8-1-3-9(21)4-2-8/h1-6,25H,7H2. The molecule has 0 atom stereocenters. The molecule has 9 heteroatoms. The number of benzene rings is 2. The molecular weight excluding hydrogens is 443 g/mol. The Kier molecular flexibility index (Phi) is 4.26. The van der Waals surface area contributed by atoms with Gasteiger partial charge in [0, 0.05) is 11.5 Å². The average Bonchev–Trinajstić information content (AvgIpc) is 2.66. The molecule has 0 spiro atoms. The minimum atomic E-state index is -1.22. The van der Waals surface area contributed by atoms with Crippen LogP contribution >= 0.6 is 15.9 Å². The molecule has 0 bridgehead atoms. The topological polar surface area (TPSA) is 72.4 Å². The zero-order valence-electron chi connectivity index (χ0n) is 13.8. The number of nitrogens with zero attached hydrogens (tertiary/aromatic N) is 1. The highest BCUT2D eigenvalue weighted by atomic mass is 79.9. The summed E-state index contributed by atoms with van der Waals surface area (Å²) in [6.07, 6.45) is 0. The third kappa shape index (κ3) is 2.78. The first-order valence-corrected chi connectivity index (χ1v) is 8.68. The van der Waals surface area contributed by atoms with Gasteiger partial charge in [0.25, 0.3) is 5.56 Å². The van der Waals surface area contributed by atoms with Gasteiger partial charge in [0.05, 0.1) is 12.1 Å². The molecule has 0 amide bonds. The van der Waals surface area contributed by atoms with Gasteiger partial charge in [-0.15, -0.1) is 0 Å². The molecule has 28 heavy (non-hydrogen) atoms. The van der Waals surface area contributed by atoms with Crippen LogP contribution in [-0.4, -0.2) is 9.67 Å². The highest BCUT2D eigenvalue weighted by molar-refractivity contribution is 9.10. The predicted molar refractivity (Wildman–Crippen MR) is 99.0 cm³/mol. The van der Waals surface area contributed by atoms with Crippen LogP contribution in [0.3, 0.4) is 0 Å². The quantitative estimate of drug-likeness (QED) is 0.466. The Hall–Kier alpha value is -3.07. The van der Waals surface area contributed by atoms with E-state index in [0.717, 1.165) is 16.7 Å². The van der Waals surface area contributed by atoms with Gasteiger partial charge in [0.2, 0.25) is 0 Å². The number of hydrogen-bond donors (Lipinski definition) is 1. The SMILES string of the molecule is O=c1oc2c(c(O)c1Br)c(=O)n(Cc1ccc(F)cc1)c1cc(F)c(F)cc21. The van der Waals surface area contributed by atoms with E-state index in [1.54, 1.807) is 0 Å². The number of aromatic hydroxyl groups is 1. The van der Waals surface area contributed by atoms with Crippen molar-refractivity contribution in [3.05, 3.63) is 84.7 Å². The molecule has 4 rings (SSSR count). The van der Waals surface area contributed by atoms with Crippen LogP contribution in [0.4, 0.5) is 13.2 Å². The number of fused-ring (bicyclic) bond motifs is 3. The summed E-state index contributed by atoms with van der Waals surface area (Å²) in [5.41, 5.74) is -1.68. The Labute approximate surface area is 162 Å². The van der Waals surface area contributed by atoms with Crippen LogP contribution in [0.1, 0.15) is 5.56 Å². The third-order valence-electron chi connectivity index (χ3n) is 4.33. The molecule has 0 fully saturated rings. The lowest BCUT2D eigenvalue weighted by Crippen LogP contribution is -2.23. The third-order valence-corrected chi connectivity index (χ3v) is 5.03.